The van der Waals surface area contributed by atoms with Crippen LogP contribution in [0.4, 0.5) is 0 Å². The Morgan fingerprint density at radius 2 is 2.20 bits per heavy atom. The molecule has 0 aromatic carbocycles. The van der Waals surface area contributed by atoms with Crippen LogP contribution in [-0.2, 0) is 27.2 Å². The number of ether oxygens (including phenoxy) is 2. The van der Waals surface area contributed by atoms with Crippen LogP contribution in [0.15, 0.2) is 0 Å². The molecule has 0 saturated carbocycles. The molecular weight excluding hydrogens is 258 g/mol. The Bertz CT molecular complexity index is 490. The van der Waals surface area contributed by atoms with E-state index >= 15 is 0 Å². The maximum atomic E-state index is 11.5. The van der Waals surface area contributed by atoms with Gasteiger partial charge in [-0.25, -0.2) is 4.68 Å². The molecule has 2 rings (SSSR count). The molecule has 0 bridgehead atoms. The average Bonchev–Trinajstić information content (AvgIpc) is 2.66. The Kier molecular flexibility index (Phi) is 4.13. The molecule has 1 aromatic heterocycles. The summed E-state index contributed by atoms with van der Waals surface area (Å²) in [7, 11) is 1.38. The van der Waals surface area contributed by atoms with Gasteiger partial charge in [-0.3, -0.25) is 4.79 Å². The maximum absolute atomic E-state index is 11.5. The van der Waals surface area contributed by atoms with Crippen molar-refractivity contribution in [3.63, 3.8) is 0 Å². The lowest BCUT2D eigenvalue weighted by atomic mass is 9.80. The quantitative estimate of drug-likeness (QED) is 0.769. The van der Waals surface area contributed by atoms with Gasteiger partial charge in [0, 0.05) is 5.92 Å². The molecule has 0 aliphatic carbocycles. The predicted octanol–water partition coefficient (Wildman–Crippen LogP) is 1.54. The second kappa shape index (κ2) is 5.52. The molecule has 0 unspecified atom stereocenters. The van der Waals surface area contributed by atoms with Gasteiger partial charge in [-0.15, -0.1) is 5.10 Å². The average molecular weight is 281 g/mol. The number of rotatable bonds is 2. The lowest BCUT2D eigenvalue weighted by Gasteiger charge is -2.33. The molecule has 0 N–H and O–H groups in total. The summed E-state index contributed by atoms with van der Waals surface area (Å²) in [6.07, 6.45) is 0.228. The molecule has 6 nitrogen and oxygen atoms in total. The molecule has 2 heterocycles. The number of methoxy groups -OCH3 is 1. The first kappa shape index (κ1) is 15.0. The number of hydrogen-bond acceptors (Lipinski definition) is 5. The van der Waals surface area contributed by atoms with E-state index in [1.54, 1.807) is 0 Å². The summed E-state index contributed by atoms with van der Waals surface area (Å²) in [5.74, 6) is -0.162. The Hall–Kier alpha value is -1.43. The number of fused-ring (bicyclic) bond motifs is 1. The van der Waals surface area contributed by atoms with E-state index in [0.29, 0.717) is 18.8 Å². The minimum Gasteiger partial charge on any atom is -0.469 e. The number of hydrogen-bond donors (Lipinski definition) is 0. The highest BCUT2D eigenvalue weighted by Gasteiger charge is 2.37. The largest absolute Gasteiger partial charge is 0.469 e. The maximum Gasteiger partial charge on any atom is 0.311 e. The van der Waals surface area contributed by atoms with Gasteiger partial charge in [0.1, 0.15) is 0 Å². The van der Waals surface area contributed by atoms with Crippen LogP contribution in [0.25, 0.3) is 0 Å². The normalized spacial score (nSPS) is 23.1. The van der Waals surface area contributed by atoms with E-state index in [-0.39, 0.29) is 29.8 Å². The fraction of sp³-hybridized carbons (Fsp3) is 0.786. The van der Waals surface area contributed by atoms with Gasteiger partial charge >= 0.3 is 5.97 Å². The fourth-order valence-corrected chi connectivity index (χ4v) is 2.91. The van der Waals surface area contributed by atoms with E-state index in [1.165, 1.54) is 7.11 Å². The lowest BCUT2D eigenvalue weighted by molar-refractivity contribution is -0.139. The van der Waals surface area contributed by atoms with Crippen molar-refractivity contribution >= 4 is 5.97 Å². The van der Waals surface area contributed by atoms with E-state index in [4.69, 9.17) is 9.47 Å². The zero-order valence-corrected chi connectivity index (χ0v) is 12.8. The van der Waals surface area contributed by atoms with Crippen molar-refractivity contribution in [3.8, 4) is 0 Å². The third-order valence-corrected chi connectivity index (χ3v) is 3.73. The Morgan fingerprint density at radius 1 is 1.50 bits per heavy atom. The van der Waals surface area contributed by atoms with Gasteiger partial charge in [0.15, 0.2) is 0 Å². The Balaban J connectivity index is 2.35. The first-order valence-electron chi connectivity index (χ1n) is 6.95. The third kappa shape index (κ3) is 2.85. The van der Waals surface area contributed by atoms with Gasteiger partial charge in [-0.1, -0.05) is 32.9 Å². The van der Waals surface area contributed by atoms with Crippen molar-refractivity contribution in [1.82, 2.24) is 15.0 Å². The van der Waals surface area contributed by atoms with Gasteiger partial charge in [-0.05, 0) is 5.41 Å². The zero-order valence-electron chi connectivity index (χ0n) is 12.8. The summed E-state index contributed by atoms with van der Waals surface area (Å²) in [6, 6.07) is 0. The number of esters is 1. The molecule has 112 valence electrons. The summed E-state index contributed by atoms with van der Waals surface area (Å²) in [6.45, 7) is 9.87. The molecule has 0 saturated heterocycles. The van der Waals surface area contributed by atoms with Gasteiger partial charge in [0.2, 0.25) is 0 Å². The Labute approximate surface area is 119 Å². The monoisotopic (exact) mass is 281 g/mol. The molecule has 1 aliphatic rings. The summed E-state index contributed by atoms with van der Waals surface area (Å²) >= 11 is 0. The van der Waals surface area contributed by atoms with Crippen molar-refractivity contribution in [2.24, 2.45) is 5.41 Å². The zero-order chi connectivity index (χ0) is 14.9. The topological polar surface area (TPSA) is 66.2 Å². The number of carbonyl (C=O) groups is 1. The number of aromatic nitrogens is 3. The van der Waals surface area contributed by atoms with Gasteiger partial charge in [-0.2, -0.15) is 0 Å². The molecular formula is C14H23N3O3. The van der Waals surface area contributed by atoms with Crippen LogP contribution in [0.3, 0.4) is 0 Å². The van der Waals surface area contributed by atoms with Crippen molar-refractivity contribution in [3.05, 3.63) is 11.4 Å². The molecule has 20 heavy (non-hydrogen) atoms. The van der Waals surface area contributed by atoms with Gasteiger partial charge in [0.25, 0.3) is 0 Å². The van der Waals surface area contributed by atoms with Crippen LogP contribution in [0.5, 0.6) is 0 Å². The van der Waals surface area contributed by atoms with Crippen LogP contribution in [0, 0.1) is 5.41 Å². The van der Waals surface area contributed by atoms with E-state index in [2.05, 4.69) is 38.0 Å². The SMILES string of the molecule is COC(=O)Cc1nnn2c1[C@H](C)[C@H](C(C)(C)C)OCC2. The highest BCUT2D eigenvalue weighted by molar-refractivity contribution is 5.72. The lowest BCUT2D eigenvalue weighted by Crippen LogP contribution is -2.34. The van der Waals surface area contributed by atoms with E-state index in [1.807, 2.05) is 4.68 Å². The molecule has 2 atom stereocenters. The molecule has 0 fully saturated rings. The third-order valence-electron chi connectivity index (χ3n) is 3.73. The van der Waals surface area contributed by atoms with Crippen LogP contribution in [0.1, 0.15) is 45.0 Å². The predicted molar refractivity (Wildman–Crippen MR) is 73.4 cm³/mol. The fourth-order valence-electron chi connectivity index (χ4n) is 2.91. The van der Waals surface area contributed by atoms with Gasteiger partial charge < -0.3 is 9.47 Å². The smallest absolute Gasteiger partial charge is 0.311 e. The molecule has 0 spiro atoms. The van der Waals surface area contributed by atoms with E-state index < -0.39 is 0 Å². The standard InChI is InChI=1S/C14H23N3O3/c1-9-12-10(8-11(18)19-5)15-16-17(12)6-7-20-13(9)14(2,3)4/h9,13H,6-8H2,1-5H3/t9-,13+/m0/s1. The van der Waals surface area contributed by atoms with Crippen LogP contribution in [0.2, 0.25) is 0 Å². The van der Waals surface area contributed by atoms with Crippen LogP contribution < -0.4 is 0 Å². The molecule has 1 aromatic rings. The summed E-state index contributed by atoms with van der Waals surface area (Å²) in [5.41, 5.74) is 1.71. The molecule has 0 radical (unpaired) electrons. The van der Waals surface area contributed by atoms with Crippen molar-refractivity contribution in [2.75, 3.05) is 13.7 Å². The van der Waals surface area contributed by atoms with Crippen molar-refractivity contribution in [2.45, 2.75) is 52.7 Å². The summed E-state index contributed by atoms with van der Waals surface area (Å²) in [4.78, 5) is 11.5. The van der Waals surface area contributed by atoms with E-state index in [9.17, 15) is 4.79 Å². The molecule has 1 aliphatic heterocycles. The first-order valence-corrected chi connectivity index (χ1v) is 6.95. The number of carbonyl (C=O) groups excluding carboxylic acids is 1. The Morgan fingerprint density at radius 3 is 2.80 bits per heavy atom. The highest BCUT2D eigenvalue weighted by Crippen LogP contribution is 2.36. The van der Waals surface area contributed by atoms with Crippen molar-refractivity contribution in [1.29, 1.82) is 0 Å². The summed E-state index contributed by atoms with van der Waals surface area (Å²) in [5, 5.41) is 8.30. The van der Waals surface area contributed by atoms with E-state index in [0.717, 1.165) is 5.69 Å². The molecule has 0 amide bonds. The highest BCUT2D eigenvalue weighted by atomic mass is 16.5. The minimum atomic E-state index is -0.294. The first-order chi connectivity index (χ1) is 9.34. The second-order valence-electron chi connectivity index (χ2n) is 6.34. The number of nitrogens with zero attached hydrogens (tertiary/aromatic N) is 3. The second-order valence-corrected chi connectivity index (χ2v) is 6.34. The minimum absolute atomic E-state index is 0.0153. The van der Waals surface area contributed by atoms with Crippen molar-refractivity contribution < 1.29 is 14.3 Å². The summed E-state index contributed by atoms with van der Waals surface area (Å²) < 4.78 is 12.6. The van der Waals surface area contributed by atoms with Crippen LogP contribution >= 0.6 is 0 Å². The molecule has 6 heteroatoms. The van der Waals surface area contributed by atoms with Gasteiger partial charge in [0.05, 0.1) is 44.2 Å². The van der Waals surface area contributed by atoms with Crippen LogP contribution in [-0.4, -0.2) is 40.8 Å².